The Bertz CT molecular complexity index is 679. The van der Waals surface area contributed by atoms with Crippen LogP contribution in [0.3, 0.4) is 0 Å². The van der Waals surface area contributed by atoms with Crippen molar-refractivity contribution in [1.29, 1.82) is 0 Å². The minimum absolute atomic E-state index is 0.175. The van der Waals surface area contributed by atoms with Crippen molar-refractivity contribution in [2.45, 2.75) is 25.2 Å². The van der Waals surface area contributed by atoms with Crippen LogP contribution < -0.4 is 0 Å². The number of benzene rings is 1. The van der Waals surface area contributed by atoms with Gasteiger partial charge in [0.25, 0.3) is 0 Å². The van der Waals surface area contributed by atoms with Crippen LogP contribution in [0.2, 0.25) is 0 Å². The van der Waals surface area contributed by atoms with E-state index in [1.54, 1.807) is 0 Å². The summed E-state index contributed by atoms with van der Waals surface area (Å²) in [6, 6.07) is 8.50. The van der Waals surface area contributed by atoms with E-state index in [1.807, 2.05) is 9.80 Å². The molecule has 0 N–H and O–H groups in total. The number of fused-ring (bicyclic) bond motifs is 1. The van der Waals surface area contributed by atoms with Gasteiger partial charge in [0.15, 0.2) is 0 Å². The van der Waals surface area contributed by atoms with Crippen molar-refractivity contribution < 1.29 is 14.3 Å². The Morgan fingerprint density at radius 1 is 0.926 bits per heavy atom. The summed E-state index contributed by atoms with van der Waals surface area (Å²) in [6.07, 6.45) is 2.75. The molecule has 146 valence electrons. The molecule has 2 heterocycles. The van der Waals surface area contributed by atoms with Gasteiger partial charge in [-0.1, -0.05) is 24.3 Å². The number of ether oxygens (including phenoxy) is 1. The standard InChI is InChI=1S/C21H29N3O3/c25-20(15-18-6-5-17-3-1-2-4-19(17)18)23-7-9-24(10-8-23)21(26)16-22-11-13-27-14-12-22/h1-4,18H,5-16H2. The van der Waals surface area contributed by atoms with E-state index < -0.39 is 0 Å². The molecule has 0 spiro atoms. The number of piperazine rings is 1. The van der Waals surface area contributed by atoms with E-state index >= 15 is 0 Å². The molecule has 0 radical (unpaired) electrons. The molecule has 6 heteroatoms. The highest BCUT2D eigenvalue weighted by Crippen LogP contribution is 2.35. The summed E-state index contributed by atoms with van der Waals surface area (Å²) in [6.45, 7) is 6.15. The average molecular weight is 371 g/mol. The minimum Gasteiger partial charge on any atom is -0.379 e. The molecule has 1 aromatic carbocycles. The van der Waals surface area contributed by atoms with Crippen LogP contribution in [-0.2, 0) is 20.7 Å². The molecule has 1 unspecified atom stereocenters. The van der Waals surface area contributed by atoms with Gasteiger partial charge in [0.2, 0.25) is 11.8 Å². The summed E-state index contributed by atoms with van der Waals surface area (Å²) in [5.41, 5.74) is 2.75. The summed E-state index contributed by atoms with van der Waals surface area (Å²) in [7, 11) is 0. The van der Waals surface area contributed by atoms with Crippen LogP contribution in [0.15, 0.2) is 24.3 Å². The molecular formula is C21H29N3O3. The van der Waals surface area contributed by atoms with Crippen molar-refractivity contribution in [3.8, 4) is 0 Å². The second kappa shape index (κ2) is 8.40. The van der Waals surface area contributed by atoms with Gasteiger partial charge in [-0.3, -0.25) is 14.5 Å². The number of carbonyl (C=O) groups is 2. The summed E-state index contributed by atoms with van der Waals surface area (Å²) in [5, 5.41) is 0. The Kier molecular flexibility index (Phi) is 5.74. The first kappa shape index (κ1) is 18.4. The van der Waals surface area contributed by atoms with Crippen molar-refractivity contribution in [1.82, 2.24) is 14.7 Å². The van der Waals surface area contributed by atoms with Crippen molar-refractivity contribution in [3.05, 3.63) is 35.4 Å². The van der Waals surface area contributed by atoms with Gasteiger partial charge in [-0.05, 0) is 29.9 Å². The van der Waals surface area contributed by atoms with E-state index in [1.165, 1.54) is 11.1 Å². The van der Waals surface area contributed by atoms with Crippen LogP contribution in [0, 0.1) is 0 Å². The third-order valence-corrected chi connectivity index (χ3v) is 6.13. The van der Waals surface area contributed by atoms with Gasteiger partial charge in [-0.2, -0.15) is 0 Å². The first-order valence-corrected chi connectivity index (χ1v) is 10.1. The van der Waals surface area contributed by atoms with Crippen LogP contribution in [0.5, 0.6) is 0 Å². The molecule has 0 aromatic heterocycles. The summed E-state index contributed by atoms with van der Waals surface area (Å²) < 4.78 is 5.33. The van der Waals surface area contributed by atoms with Gasteiger partial charge < -0.3 is 14.5 Å². The van der Waals surface area contributed by atoms with Gasteiger partial charge in [-0.15, -0.1) is 0 Å². The Hall–Kier alpha value is -1.92. The predicted molar refractivity (Wildman–Crippen MR) is 103 cm³/mol. The fourth-order valence-electron chi connectivity index (χ4n) is 4.45. The molecule has 2 amide bonds. The lowest BCUT2D eigenvalue weighted by molar-refractivity contribution is -0.141. The minimum atomic E-state index is 0.175. The summed E-state index contributed by atoms with van der Waals surface area (Å²) in [5.74, 6) is 0.764. The number of rotatable bonds is 4. The maximum absolute atomic E-state index is 12.8. The molecule has 0 saturated carbocycles. The number of amides is 2. The lowest BCUT2D eigenvalue weighted by atomic mass is 9.97. The van der Waals surface area contributed by atoms with Crippen LogP contribution in [-0.4, -0.2) is 85.5 Å². The van der Waals surface area contributed by atoms with E-state index in [0.717, 1.165) is 25.9 Å². The summed E-state index contributed by atoms with van der Waals surface area (Å²) in [4.78, 5) is 31.3. The number of nitrogens with zero attached hydrogens (tertiary/aromatic N) is 3. The lowest BCUT2D eigenvalue weighted by Gasteiger charge is -2.36. The molecule has 2 saturated heterocycles. The van der Waals surface area contributed by atoms with Crippen LogP contribution in [0.25, 0.3) is 0 Å². The smallest absolute Gasteiger partial charge is 0.236 e. The highest BCUT2D eigenvalue weighted by Gasteiger charge is 2.29. The fraction of sp³-hybridized carbons (Fsp3) is 0.619. The molecule has 1 aromatic rings. The first-order valence-electron chi connectivity index (χ1n) is 10.1. The molecule has 27 heavy (non-hydrogen) atoms. The lowest BCUT2D eigenvalue weighted by Crippen LogP contribution is -2.53. The second-order valence-corrected chi connectivity index (χ2v) is 7.79. The quantitative estimate of drug-likeness (QED) is 0.796. The third-order valence-electron chi connectivity index (χ3n) is 6.13. The fourth-order valence-corrected chi connectivity index (χ4v) is 4.45. The second-order valence-electron chi connectivity index (χ2n) is 7.79. The molecule has 6 nitrogen and oxygen atoms in total. The number of hydrogen-bond acceptors (Lipinski definition) is 4. The predicted octanol–water partition coefficient (Wildman–Crippen LogP) is 1.11. The molecule has 2 aliphatic heterocycles. The largest absolute Gasteiger partial charge is 0.379 e. The van der Waals surface area contributed by atoms with E-state index in [0.29, 0.717) is 58.3 Å². The monoisotopic (exact) mass is 371 g/mol. The van der Waals surface area contributed by atoms with Gasteiger partial charge >= 0.3 is 0 Å². The van der Waals surface area contributed by atoms with Gasteiger partial charge in [0.05, 0.1) is 19.8 Å². The first-order chi connectivity index (χ1) is 13.2. The molecule has 1 atom stereocenters. The van der Waals surface area contributed by atoms with Crippen LogP contribution in [0.1, 0.15) is 29.9 Å². The molecule has 1 aliphatic carbocycles. The molecule has 2 fully saturated rings. The Labute approximate surface area is 161 Å². The Morgan fingerprint density at radius 3 is 2.33 bits per heavy atom. The average Bonchev–Trinajstić information content (AvgIpc) is 3.12. The SMILES string of the molecule is O=C(CC1CCc2ccccc21)N1CCN(C(=O)CN2CCOCC2)CC1. The molecule has 4 rings (SSSR count). The number of carbonyl (C=O) groups excluding carboxylic acids is 2. The van der Waals surface area contributed by atoms with E-state index in [-0.39, 0.29) is 11.8 Å². The van der Waals surface area contributed by atoms with Crippen molar-refractivity contribution in [3.63, 3.8) is 0 Å². The molecular weight excluding hydrogens is 342 g/mol. The van der Waals surface area contributed by atoms with E-state index in [9.17, 15) is 9.59 Å². The zero-order valence-electron chi connectivity index (χ0n) is 15.9. The highest BCUT2D eigenvalue weighted by atomic mass is 16.5. The Balaban J connectivity index is 1.24. The van der Waals surface area contributed by atoms with Gasteiger partial charge in [-0.25, -0.2) is 0 Å². The Morgan fingerprint density at radius 2 is 1.59 bits per heavy atom. The van der Waals surface area contributed by atoms with Gasteiger partial charge in [0.1, 0.15) is 0 Å². The van der Waals surface area contributed by atoms with E-state index in [2.05, 4.69) is 29.2 Å². The number of morpholine rings is 1. The maximum atomic E-state index is 12.8. The third kappa shape index (κ3) is 4.33. The van der Waals surface area contributed by atoms with Gasteiger partial charge in [0, 0.05) is 45.7 Å². The van der Waals surface area contributed by atoms with E-state index in [4.69, 9.17) is 4.74 Å². The van der Waals surface area contributed by atoms with Crippen LogP contribution in [0.4, 0.5) is 0 Å². The van der Waals surface area contributed by atoms with Crippen LogP contribution >= 0.6 is 0 Å². The number of aryl methyl sites for hydroxylation is 1. The topological polar surface area (TPSA) is 53.1 Å². The summed E-state index contributed by atoms with van der Waals surface area (Å²) >= 11 is 0. The van der Waals surface area contributed by atoms with Crippen molar-refractivity contribution >= 4 is 11.8 Å². The number of hydrogen-bond donors (Lipinski definition) is 0. The zero-order valence-corrected chi connectivity index (χ0v) is 15.9. The maximum Gasteiger partial charge on any atom is 0.236 e. The van der Waals surface area contributed by atoms with Crippen molar-refractivity contribution in [2.75, 3.05) is 59.0 Å². The molecule has 3 aliphatic rings. The zero-order chi connectivity index (χ0) is 18.6. The molecule has 0 bridgehead atoms. The highest BCUT2D eigenvalue weighted by molar-refractivity contribution is 5.80. The van der Waals surface area contributed by atoms with Crippen molar-refractivity contribution in [2.24, 2.45) is 0 Å². The normalized spacial score (nSPS) is 23.3.